The van der Waals surface area contributed by atoms with Gasteiger partial charge < -0.3 is 19.0 Å². The first-order chi connectivity index (χ1) is 15.0. The minimum absolute atomic E-state index is 0.144. The van der Waals surface area contributed by atoms with Crippen LogP contribution in [0.4, 0.5) is 0 Å². The van der Waals surface area contributed by atoms with Crippen molar-refractivity contribution in [3.63, 3.8) is 0 Å². The third-order valence-corrected chi connectivity index (χ3v) is 5.44. The second-order valence-corrected chi connectivity index (χ2v) is 7.90. The first-order valence-electron chi connectivity index (χ1n) is 10.4. The van der Waals surface area contributed by atoms with Crippen LogP contribution in [0.3, 0.4) is 0 Å². The van der Waals surface area contributed by atoms with E-state index < -0.39 is 6.04 Å². The fourth-order valence-corrected chi connectivity index (χ4v) is 4.00. The number of hydrogen-bond acceptors (Lipinski definition) is 5. The molecule has 0 bridgehead atoms. The summed E-state index contributed by atoms with van der Waals surface area (Å²) < 4.78 is 11.5. The van der Waals surface area contributed by atoms with Crippen LogP contribution < -0.4 is 10.2 Å². The lowest BCUT2D eigenvalue weighted by molar-refractivity contribution is 0.0722. The third kappa shape index (κ3) is 3.99. The summed E-state index contributed by atoms with van der Waals surface area (Å²) in [5, 5.41) is 0.486. The lowest BCUT2D eigenvalue weighted by Crippen LogP contribution is -2.32. The van der Waals surface area contributed by atoms with E-state index >= 15 is 0 Å². The highest BCUT2D eigenvalue weighted by Crippen LogP contribution is 2.38. The molecule has 0 saturated heterocycles. The van der Waals surface area contributed by atoms with Crippen molar-refractivity contribution in [1.82, 2.24) is 9.80 Å². The lowest BCUT2D eigenvalue weighted by Gasteiger charge is -2.26. The molecule has 1 atom stereocenters. The largest absolute Gasteiger partial charge is 0.490 e. The van der Waals surface area contributed by atoms with Crippen molar-refractivity contribution >= 4 is 16.9 Å². The number of fused-ring (bicyclic) bond motifs is 2. The summed E-state index contributed by atoms with van der Waals surface area (Å²) in [6.45, 7) is 5.43. The van der Waals surface area contributed by atoms with Gasteiger partial charge in [0, 0.05) is 6.54 Å². The van der Waals surface area contributed by atoms with Crippen LogP contribution >= 0.6 is 0 Å². The van der Waals surface area contributed by atoms with Gasteiger partial charge in [0.1, 0.15) is 17.9 Å². The van der Waals surface area contributed by atoms with Crippen molar-refractivity contribution in [2.75, 3.05) is 33.8 Å². The van der Waals surface area contributed by atoms with E-state index in [0.717, 1.165) is 18.5 Å². The monoisotopic (exact) mass is 418 g/mol. The zero-order valence-corrected chi connectivity index (χ0v) is 17.8. The Kier molecular flexibility index (Phi) is 5.91. The van der Waals surface area contributed by atoms with E-state index in [0.29, 0.717) is 35.4 Å². The second kappa shape index (κ2) is 8.78. The predicted molar refractivity (Wildman–Crippen MR) is 121 cm³/mol. The molecule has 0 unspecified atom stereocenters. The van der Waals surface area contributed by atoms with E-state index in [4.69, 9.17) is 9.15 Å². The molecule has 1 aromatic heterocycles. The number of carbonyl (C=O) groups excluding carboxylic acids is 1. The third-order valence-electron chi connectivity index (χ3n) is 5.44. The van der Waals surface area contributed by atoms with Crippen molar-refractivity contribution in [2.45, 2.75) is 12.5 Å². The van der Waals surface area contributed by atoms with Gasteiger partial charge in [0.05, 0.1) is 17.0 Å². The maximum atomic E-state index is 13.4. The Morgan fingerprint density at radius 3 is 2.58 bits per heavy atom. The van der Waals surface area contributed by atoms with Crippen LogP contribution in [0.15, 0.2) is 70.4 Å². The molecular formula is C25H26N2O4. The molecule has 31 heavy (non-hydrogen) atoms. The second-order valence-electron chi connectivity index (χ2n) is 7.90. The molecule has 0 saturated carbocycles. The summed E-state index contributed by atoms with van der Waals surface area (Å²) in [7, 11) is 4.00. The summed E-state index contributed by atoms with van der Waals surface area (Å²) in [6, 6.07) is 14.1. The molecule has 0 radical (unpaired) electrons. The van der Waals surface area contributed by atoms with Gasteiger partial charge >= 0.3 is 0 Å². The molecule has 1 aliphatic heterocycles. The number of benzene rings is 2. The highest BCUT2D eigenvalue weighted by atomic mass is 16.5. The van der Waals surface area contributed by atoms with Crippen LogP contribution in [0, 0.1) is 0 Å². The van der Waals surface area contributed by atoms with E-state index in [2.05, 4.69) is 11.5 Å². The van der Waals surface area contributed by atoms with Gasteiger partial charge in [-0.1, -0.05) is 36.9 Å². The molecule has 160 valence electrons. The van der Waals surface area contributed by atoms with E-state index in [1.165, 1.54) is 0 Å². The fraction of sp³-hybridized carbons (Fsp3) is 0.280. The van der Waals surface area contributed by atoms with Gasteiger partial charge in [0.2, 0.25) is 5.76 Å². The standard InChI is InChI=1S/C25H26N2O4/c1-4-16-30-18-12-10-17(11-13-18)22-21-23(28)19-8-5-6-9-20(19)31-24(21)25(29)27(22)15-7-14-26(2)3/h4-6,8-13,22H,1,7,14-16H2,2-3H3/t22-/m0/s1. The Labute approximate surface area is 181 Å². The Bertz CT molecular complexity index is 1160. The molecule has 1 amide bonds. The van der Waals surface area contributed by atoms with Gasteiger partial charge in [-0.25, -0.2) is 0 Å². The summed E-state index contributed by atoms with van der Waals surface area (Å²) >= 11 is 0. The predicted octanol–water partition coefficient (Wildman–Crippen LogP) is 3.85. The molecular weight excluding hydrogens is 392 g/mol. The summed E-state index contributed by atoms with van der Waals surface area (Å²) in [4.78, 5) is 30.5. The Balaban J connectivity index is 1.79. The van der Waals surface area contributed by atoms with E-state index in [9.17, 15) is 9.59 Å². The molecule has 4 rings (SSSR count). The Hall–Kier alpha value is -3.38. The van der Waals surface area contributed by atoms with Gasteiger partial charge in [-0.15, -0.1) is 0 Å². The number of amides is 1. The molecule has 0 fully saturated rings. The van der Waals surface area contributed by atoms with Crippen LogP contribution in [-0.4, -0.2) is 49.5 Å². The van der Waals surface area contributed by atoms with Gasteiger partial charge in [-0.05, 0) is 56.9 Å². The quantitative estimate of drug-likeness (QED) is 0.520. The van der Waals surface area contributed by atoms with E-state index in [-0.39, 0.29) is 17.1 Å². The molecule has 2 aromatic carbocycles. The number of carbonyl (C=O) groups is 1. The van der Waals surface area contributed by atoms with Crippen LogP contribution in [-0.2, 0) is 0 Å². The fourth-order valence-electron chi connectivity index (χ4n) is 4.00. The van der Waals surface area contributed by atoms with Crippen molar-refractivity contribution in [3.05, 3.63) is 88.3 Å². The van der Waals surface area contributed by atoms with Crippen molar-refractivity contribution in [3.8, 4) is 5.75 Å². The van der Waals surface area contributed by atoms with Gasteiger partial charge in [-0.3, -0.25) is 9.59 Å². The summed E-state index contributed by atoms with van der Waals surface area (Å²) in [5.41, 5.74) is 1.54. The highest BCUT2D eigenvalue weighted by molar-refractivity contribution is 5.99. The van der Waals surface area contributed by atoms with Crippen LogP contribution in [0.1, 0.15) is 34.1 Å². The Morgan fingerprint density at radius 1 is 1.13 bits per heavy atom. The van der Waals surface area contributed by atoms with Crippen molar-refractivity contribution < 1.29 is 13.9 Å². The smallest absolute Gasteiger partial charge is 0.290 e. The first kappa shape index (κ1) is 20.9. The van der Waals surface area contributed by atoms with Gasteiger partial charge in [0.15, 0.2) is 5.43 Å². The molecule has 2 heterocycles. The molecule has 1 aliphatic rings. The number of rotatable bonds is 8. The zero-order valence-electron chi connectivity index (χ0n) is 17.8. The normalized spacial score (nSPS) is 15.5. The topological polar surface area (TPSA) is 63.0 Å². The van der Waals surface area contributed by atoms with E-state index in [1.54, 1.807) is 35.2 Å². The molecule has 0 N–H and O–H groups in total. The average molecular weight is 418 g/mol. The minimum atomic E-state index is -0.487. The maximum Gasteiger partial charge on any atom is 0.290 e. The minimum Gasteiger partial charge on any atom is -0.490 e. The average Bonchev–Trinajstić information content (AvgIpc) is 3.05. The number of hydrogen-bond donors (Lipinski definition) is 0. The summed E-state index contributed by atoms with van der Waals surface area (Å²) in [5.74, 6) is 0.608. The van der Waals surface area contributed by atoms with Crippen molar-refractivity contribution in [1.29, 1.82) is 0 Å². The number of para-hydroxylation sites is 1. The number of ether oxygens (including phenoxy) is 1. The first-order valence-corrected chi connectivity index (χ1v) is 10.4. The molecule has 3 aromatic rings. The highest BCUT2D eigenvalue weighted by Gasteiger charge is 2.42. The Morgan fingerprint density at radius 2 is 1.87 bits per heavy atom. The number of nitrogens with zero attached hydrogens (tertiary/aromatic N) is 2. The molecule has 6 heteroatoms. The SMILES string of the molecule is C=CCOc1ccc([C@H]2c3c(oc4ccccc4c3=O)C(=O)N2CCCN(C)C)cc1. The molecule has 6 nitrogen and oxygen atoms in total. The van der Waals surface area contributed by atoms with Gasteiger partial charge in [-0.2, -0.15) is 0 Å². The zero-order chi connectivity index (χ0) is 22.0. The molecule has 0 aliphatic carbocycles. The lowest BCUT2D eigenvalue weighted by atomic mass is 9.98. The van der Waals surface area contributed by atoms with Crippen LogP contribution in [0.5, 0.6) is 5.75 Å². The van der Waals surface area contributed by atoms with E-state index in [1.807, 2.05) is 38.4 Å². The van der Waals surface area contributed by atoms with Crippen LogP contribution in [0.25, 0.3) is 11.0 Å². The maximum absolute atomic E-state index is 13.4. The summed E-state index contributed by atoms with van der Waals surface area (Å²) in [6.07, 6.45) is 2.47. The van der Waals surface area contributed by atoms with Gasteiger partial charge in [0.25, 0.3) is 5.91 Å². The van der Waals surface area contributed by atoms with Crippen molar-refractivity contribution in [2.24, 2.45) is 0 Å². The molecule has 0 spiro atoms. The van der Waals surface area contributed by atoms with Crippen LogP contribution in [0.2, 0.25) is 0 Å².